The predicted molar refractivity (Wildman–Crippen MR) is 42.1 cm³/mol. The van der Waals surface area contributed by atoms with Gasteiger partial charge in [-0.1, -0.05) is 0 Å². The Balaban J connectivity index is 0. The molecule has 0 saturated heterocycles. The Kier molecular flexibility index (Phi) is 11.1. The van der Waals surface area contributed by atoms with E-state index in [9.17, 15) is 9.59 Å². The van der Waals surface area contributed by atoms with E-state index in [4.69, 9.17) is 5.11 Å². The van der Waals surface area contributed by atoms with Crippen LogP contribution in [0.15, 0.2) is 0 Å². The maximum Gasteiger partial charge on any atom is 0.421 e. The molecule has 0 radical (unpaired) electrons. The largest absolute Gasteiger partial charge is 0.452 e. The van der Waals surface area contributed by atoms with Crippen molar-refractivity contribution in [3.05, 3.63) is 0 Å². The molecule has 0 rings (SSSR count). The highest BCUT2D eigenvalue weighted by molar-refractivity contribution is 5.65. The van der Waals surface area contributed by atoms with E-state index in [2.05, 4.69) is 10.6 Å². The van der Waals surface area contributed by atoms with Gasteiger partial charge >= 0.3 is 6.09 Å². The van der Waals surface area contributed by atoms with Gasteiger partial charge in [0.15, 0.2) is 0 Å². The number of amides is 1. The highest BCUT2D eigenvalue weighted by atomic mass is 16.5. The molecule has 0 aliphatic carbocycles. The predicted octanol–water partition coefficient (Wildman–Crippen LogP) is -0.828. The average molecular weight is 178 g/mol. The van der Waals surface area contributed by atoms with Crippen molar-refractivity contribution >= 4 is 12.4 Å². The fourth-order valence-electron chi connectivity index (χ4n) is 0.198. The lowest BCUT2D eigenvalue weighted by Crippen LogP contribution is -2.29. The second-order valence-electron chi connectivity index (χ2n) is 1.89. The number of carbonyl (C=O) groups is 2. The Morgan fingerprint density at radius 3 is 2.33 bits per heavy atom. The fourth-order valence-corrected chi connectivity index (χ4v) is 0.198. The summed E-state index contributed by atoms with van der Waals surface area (Å²) in [5.74, 6) is 4.56. The van der Waals surface area contributed by atoms with Gasteiger partial charge in [0, 0.05) is 6.42 Å². The number of hydrogen-bond donors (Lipinski definition) is 3. The molecule has 12 heavy (non-hydrogen) atoms. The van der Waals surface area contributed by atoms with Gasteiger partial charge in [-0.15, -0.1) is 0 Å². The molecule has 72 valence electrons. The van der Waals surface area contributed by atoms with E-state index in [1.807, 2.05) is 0 Å². The third-order valence-electron chi connectivity index (χ3n) is 0.741. The summed E-state index contributed by atoms with van der Waals surface area (Å²) in [4.78, 5) is 19.2. The van der Waals surface area contributed by atoms with E-state index in [1.54, 1.807) is 12.3 Å². The van der Waals surface area contributed by atoms with Gasteiger partial charge in [0.05, 0.1) is 13.2 Å². The molecule has 0 saturated carbocycles. The smallest absolute Gasteiger partial charge is 0.421 e. The summed E-state index contributed by atoms with van der Waals surface area (Å²) in [6.45, 7) is 1.58. The number of methoxy groups -OCH3 is 1. The van der Waals surface area contributed by atoms with Gasteiger partial charge in [-0.2, -0.15) is 0 Å². The molecule has 0 fully saturated rings. The lowest BCUT2D eigenvalue weighted by atomic mass is 10.3. The summed E-state index contributed by atoms with van der Waals surface area (Å²) in [6, 6.07) is 0. The van der Waals surface area contributed by atoms with E-state index in [1.165, 1.54) is 7.11 Å². The fraction of sp³-hybridized carbons (Fsp3) is 0.667. The number of aliphatic hydroxyl groups excluding tert-OH is 1. The number of hydrazine groups is 1. The van der Waals surface area contributed by atoms with E-state index >= 15 is 0 Å². The standard InChI is InChI=1S/C4H8O2.C2H6N2O2/c1-4(6)2-3-5;1-6-2(5)4-3/h3-4,6H,2H2,1H3;3H2,1H3,(H,4,5). The Labute approximate surface area is 70.7 Å². The third kappa shape index (κ3) is 15.9. The summed E-state index contributed by atoms with van der Waals surface area (Å²) in [5, 5.41) is 8.32. The molecule has 0 spiro atoms. The molecule has 6 nitrogen and oxygen atoms in total. The topological polar surface area (TPSA) is 102 Å². The maximum absolute atomic E-state index is 9.72. The average Bonchev–Trinajstić information content (AvgIpc) is 2.04. The van der Waals surface area contributed by atoms with Crippen LogP contribution >= 0.6 is 0 Å². The number of aliphatic hydroxyl groups is 1. The zero-order chi connectivity index (χ0) is 9.98. The molecule has 6 heteroatoms. The number of nitrogens with two attached hydrogens (primary N) is 1. The first kappa shape index (κ1) is 13.4. The molecule has 0 aromatic heterocycles. The number of aldehydes is 1. The van der Waals surface area contributed by atoms with Gasteiger partial charge in [-0.3, -0.25) is 5.43 Å². The monoisotopic (exact) mass is 178 g/mol. The molecule has 1 amide bonds. The van der Waals surface area contributed by atoms with Crippen molar-refractivity contribution in [2.24, 2.45) is 5.84 Å². The summed E-state index contributed by atoms with van der Waals surface area (Å²) < 4.78 is 4.02. The lowest BCUT2D eigenvalue weighted by molar-refractivity contribution is -0.109. The van der Waals surface area contributed by atoms with E-state index < -0.39 is 12.2 Å². The first-order valence-corrected chi connectivity index (χ1v) is 3.24. The van der Waals surface area contributed by atoms with Crippen molar-refractivity contribution in [1.82, 2.24) is 5.43 Å². The van der Waals surface area contributed by atoms with Crippen LogP contribution in [0.5, 0.6) is 0 Å². The van der Waals surface area contributed by atoms with Gasteiger partial charge in [-0.05, 0) is 6.92 Å². The quantitative estimate of drug-likeness (QED) is 0.222. The molecule has 1 atom stereocenters. The molecule has 4 N–H and O–H groups in total. The van der Waals surface area contributed by atoms with Crippen LogP contribution in [0.2, 0.25) is 0 Å². The normalized spacial score (nSPS) is 10.3. The van der Waals surface area contributed by atoms with Crippen LogP contribution in [-0.4, -0.2) is 30.7 Å². The number of rotatable bonds is 2. The van der Waals surface area contributed by atoms with Crippen molar-refractivity contribution in [3.63, 3.8) is 0 Å². The van der Waals surface area contributed by atoms with E-state index in [0.29, 0.717) is 6.29 Å². The SMILES string of the molecule is CC(O)CC=O.COC(=O)NN. The second kappa shape index (κ2) is 9.86. The molecule has 0 bridgehead atoms. The van der Waals surface area contributed by atoms with Crippen molar-refractivity contribution in [3.8, 4) is 0 Å². The molecule has 1 unspecified atom stereocenters. The van der Waals surface area contributed by atoms with Gasteiger partial charge < -0.3 is 14.6 Å². The van der Waals surface area contributed by atoms with E-state index in [-0.39, 0.29) is 6.42 Å². The second-order valence-corrected chi connectivity index (χ2v) is 1.89. The highest BCUT2D eigenvalue weighted by Gasteiger charge is 1.87. The van der Waals surface area contributed by atoms with Gasteiger partial charge in [0.2, 0.25) is 0 Å². The number of hydrogen-bond acceptors (Lipinski definition) is 5. The lowest BCUT2D eigenvalue weighted by Gasteiger charge is -1.90. The zero-order valence-electron chi connectivity index (χ0n) is 7.11. The molecule has 0 heterocycles. The van der Waals surface area contributed by atoms with Crippen molar-refractivity contribution in [2.45, 2.75) is 19.4 Å². The van der Waals surface area contributed by atoms with Gasteiger partial charge in [0.25, 0.3) is 0 Å². The van der Waals surface area contributed by atoms with E-state index in [0.717, 1.165) is 0 Å². The number of nitrogens with one attached hydrogen (secondary N) is 1. The molecular formula is C6H14N2O4. The number of carbonyl (C=O) groups excluding carboxylic acids is 2. The summed E-state index contributed by atoms with van der Waals surface area (Å²) in [7, 11) is 1.24. The van der Waals surface area contributed by atoms with Crippen LogP contribution in [0.4, 0.5) is 4.79 Å². The molecule has 0 aromatic rings. The van der Waals surface area contributed by atoms with Gasteiger partial charge in [-0.25, -0.2) is 10.6 Å². The first-order valence-electron chi connectivity index (χ1n) is 3.24. The van der Waals surface area contributed by atoms with Crippen molar-refractivity contribution in [2.75, 3.05) is 7.11 Å². The van der Waals surface area contributed by atoms with Crippen LogP contribution in [-0.2, 0) is 9.53 Å². The molecule has 0 aliphatic heterocycles. The third-order valence-corrected chi connectivity index (χ3v) is 0.741. The Morgan fingerprint density at radius 1 is 1.83 bits per heavy atom. The Bertz CT molecular complexity index is 121. The van der Waals surface area contributed by atoms with Crippen LogP contribution in [0.25, 0.3) is 0 Å². The minimum absolute atomic E-state index is 0.250. The van der Waals surface area contributed by atoms with Crippen molar-refractivity contribution in [1.29, 1.82) is 0 Å². The summed E-state index contributed by atoms with van der Waals surface area (Å²) >= 11 is 0. The van der Waals surface area contributed by atoms with Gasteiger partial charge in [0.1, 0.15) is 6.29 Å². The maximum atomic E-state index is 9.72. The van der Waals surface area contributed by atoms with Crippen LogP contribution in [0.1, 0.15) is 13.3 Å². The van der Waals surface area contributed by atoms with Crippen LogP contribution in [0.3, 0.4) is 0 Å². The van der Waals surface area contributed by atoms with Crippen LogP contribution < -0.4 is 11.3 Å². The minimum atomic E-state index is -0.630. The summed E-state index contributed by atoms with van der Waals surface area (Å²) in [6.07, 6.45) is -0.150. The number of ether oxygens (including phenoxy) is 1. The zero-order valence-corrected chi connectivity index (χ0v) is 7.11. The minimum Gasteiger partial charge on any atom is -0.452 e. The molecule has 0 aliphatic rings. The molecular weight excluding hydrogens is 164 g/mol. The van der Waals surface area contributed by atoms with Crippen LogP contribution in [0, 0.1) is 0 Å². The molecule has 0 aromatic carbocycles. The first-order chi connectivity index (χ1) is 5.58. The highest BCUT2D eigenvalue weighted by Crippen LogP contribution is 1.80. The Morgan fingerprint density at radius 2 is 2.33 bits per heavy atom. The summed E-state index contributed by atoms with van der Waals surface area (Å²) in [5.41, 5.74) is 1.75. The van der Waals surface area contributed by atoms with Crippen molar-refractivity contribution < 1.29 is 19.4 Å². The Hall–Kier alpha value is -1.14.